The van der Waals surface area contributed by atoms with Gasteiger partial charge in [-0.05, 0) is 103 Å². The van der Waals surface area contributed by atoms with Crippen LogP contribution >= 0.6 is 0 Å². The van der Waals surface area contributed by atoms with Gasteiger partial charge in [0, 0.05) is 21.9 Å². The van der Waals surface area contributed by atoms with Gasteiger partial charge in [-0.15, -0.1) is 0 Å². The summed E-state index contributed by atoms with van der Waals surface area (Å²) in [5.41, 5.74) is 11.5. The molecule has 57 heavy (non-hydrogen) atoms. The summed E-state index contributed by atoms with van der Waals surface area (Å²) < 4.78 is 6.52. The van der Waals surface area contributed by atoms with Gasteiger partial charge in [0.1, 0.15) is 23.2 Å². The van der Waals surface area contributed by atoms with E-state index in [1.54, 1.807) is 0 Å². The molecule has 1 atom stereocenters. The molecule has 268 valence electrons. The Bertz CT molecular complexity index is 3210. The summed E-state index contributed by atoms with van der Waals surface area (Å²) in [6.07, 6.45) is -0.408. The Morgan fingerprint density at radius 1 is 0.421 bits per heavy atom. The van der Waals surface area contributed by atoms with E-state index >= 15 is 0 Å². The van der Waals surface area contributed by atoms with Crippen LogP contribution in [0.25, 0.3) is 76.9 Å². The van der Waals surface area contributed by atoms with E-state index in [0.29, 0.717) is 5.84 Å². The highest BCUT2D eigenvalue weighted by Crippen LogP contribution is 2.39. The van der Waals surface area contributed by atoms with E-state index in [9.17, 15) is 0 Å². The van der Waals surface area contributed by atoms with Crippen LogP contribution in [-0.2, 0) is 0 Å². The molecular formula is C53H35N3O. The maximum Gasteiger partial charge on any atom is 0.159 e. The zero-order valence-corrected chi connectivity index (χ0v) is 30.9. The third-order valence-corrected chi connectivity index (χ3v) is 11.1. The Kier molecular flexibility index (Phi) is 7.85. The second-order valence-electron chi connectivity index (χ2n) is 14.6. The highest BCUT2D eigenvalue weighted by atomic mass is 16.3. The van der Waals surface area contributed by atoms with Gasteiger partial charge in [-0.1, -0.05) is 158 Å². The predicted molar refractivity (Wildman–Crippen MR) is 237 cm³/mol. The number of para-hydroxylation sites is 1. The molecule has 10 aromatic rings. The first-order chi connectivity index (χ1) is 28.2. The molecule has 1 aliphatic rings. The lowest BCUT2D eigenvalue weighted by atomic mass is 9.92. The molecule has 4 heteroatoms. The zero-order valence-electron chi connectivity index (χ0n) is 30.9. The van der Waals surface area contributed by atoms with Crippen molar-refractivity contribution in [3.8, 4) is 33.4 Å². The van der Waals surface area contributed by atoms with Crippen molar-refractivity contribution in [2.24, 2.45) is 9.98 Å². The molecule has 0 bridgehead atoms. The van der Waals surface area contributed by atoms with Crippen LogP contribution in [0.3, 0.4) is 0 Å². The molecule has 0 fully saturated rings. The van der Waals surface area contributed by atoms with Gasteiger partial charge in [0.25, 0.3) is 0 Å². The van der Waals surface area contributed by atoms with Crippen LogP contribution in [-0.4, -0.2) is 11.7 Å². The monoisotopic (exact) mass is 729 g/mol. The van der Waals surface area contributed by atoms with Crippen molar-refractivity contribution in [1.29, 1.82) is 0 Å². The Balaban J connectivity index is 1.11. The highest BCUT2D eigenvalue weighted by Gasteiger charge is 2.27. The largest absolute Gasteiger partial charge is 0.456 e. The number of furan rings is 1. The molecule has 0 amide bonds. The average molecular weight is 730 g/mol. The molecule has 0 spiro atoms. The number of nitrogens with one attached hydrogen (secondary N) is 1. The zero-order chi connectivity index (χ0) is 37.7. The molecule has 11 rings (SSSR count). The third kappa shape index (κ3) is 5.96. The van der Waals surface area contributed by atoms with Crippen molar-refractivity contribution in [2.45, 2.75) is 6.17 Å². The van der Waals surface area contributed by atoms with Crippen molar-refractivity contribution < 1.29 is 4.42 Å². The van der Waals surface area contributed by atoms with E-state index < -0.39 is 6.17 Å². The summed E-state index contributed by atoms with van der Waals surface area (Å²) in [5.74, 6) is 1.42. The highest BCUT2D eigenvalue weighted by molar-refractivity contribution is 6.25. The van der Waals surface area contributed by atoms with E-state index in [2.05, 4.69) is 193 Å². The van der Waals surface area contributed by atoms with Gasteiger partial charge in [-0.25, -0.2) is 9.98 Å². The molecule has 0 saturated heterocycles. The van der Waals surface area contributed by atoms with Crippen LogP contribution in [0.5, 0.6) is 0 Å². The number of rotatable bonds is 6. The molecule has 2 heterocycles. The molecule has 1 N–H and O–H groups in total. The minimum absolute atomic E-state index is 0.408. The fourth-order valence-corrected chi connectivity index (χ4v) is 8.25. The molecule has 9 aromatic carbocycles. The van der Waals surface area contributed by atoms with Crippen LogP contribution < -0.4 is 5.32 Å². The molecule has 4 nitrogen and oxygen atoms in total. The number of hydrogen-bond donors (Lipinski definition) is 1. The molecule has 0 saturated carbocycles. The summed E-state index contributed by atoms with van der Waals surface area (Å²) in [6, 6.07) is 70.6. The normalized spacial score (nSPS) is 14.1. The molecule has 0 radical (unpaired) electrons. The van der Waals surface area contributed by atoms with E-state index in [1.165, 1.54) is 27.5 Å². The summed E-state index contributed by atoms with van der Waals surface area (Å²) in [7, 11) is 0. The Morgan fingerprint density at radius 2 is 1.04 bits per heavy atom. The van der Waals surface area contributed by atoms with Crippen molar-refractivity contribution in [1.82, 2.24) is 5.32 Å². The maximum atomic E-state index is 6.52. The first-order valence-corrected chi connectivity index (χ1v) is 19.3. The van der Waals surface area contributed by atoms with Gasteiger partial charge in [-0.2, -0.15) is 0 Å². The molecule has 0 aliphatic carbocycles. The Hall–Kier alpha value is -7.56. The van der Waals surface area contributed by atoms with Crippen LogP contribution in [0.2, 0.25) is 0 Å². The van der Waals surface area contributed by atoms with Crippen molar-refractivity contribution in [2.75, 3.05) is 0 Å². The Labute approximate surface area is 330 Å². The van der Waals surface area contributed by atoms with Crippen LogP contribution in [0.4, 0.5) is 0 Å². The van der Waals surface area contributed by atoms with E-state index in [1.807, 2.05) is 12.1 Å². The van der Waals surface area contributed by atoms with Gasteiger partial charge in [0.05, 0.1) is 0 Å². The van der Waals surface area contributed by atoms with E-state index in [0.717, 1.165) is 71.9 Å². The number of nitrogens with zero attached hydrogens (tertiary/aromatic N) is 2. The molecule has 1 aromatic heterocycles. The second-order valence-corrected chi connectivity index (χ2v) is 14.6. The SMILES string of the molecule is c1ccc(-c2cccc(-c3ccc4oc5ccccc5c4c3C3=NC(c4ccc5ccccc5c4)=NC(c4ccc5cc(-c6ccccc6)ccc5c4)N3)c2)cc1. The summed E-state index contributed by atoms with van der Waals surface area (Å²) >= 11 is 0. The summed E-state index contributed by atoms with van der Waals surface area (Å²) in [5, 5.41) is 10.6. The van der Waals surface area contributed by atoms with Crippen molar-refractivity contribution in [3.63, 3.8) is 0 Å². The predicted octanol–water partition coefficient (Wildman–Crippen LogP) is 13.4. The number of hydrogen-bond acceptors (Lipinski definition) is 4. The third-order valence-electron chi connectivity index (χ3n) is 11.1. The minimum atomic E-state index is -0.408. The quantitative estimate of drug-likeness (QED) is 0.185. The first-order valence-electron chi connectivity index (χ1n) is 19.3. The van der Waals surface area contributed by atoms with Crippen molar-refractivity contribution >= 4 is 55.2 Å². The fraction of sp³-hybridized carbons (Fsp3) is 0.0189. The topological polar surface area (TPSA) is 49.9 Å². The average Bonchev–Trinajstić information content (AvgIpc) is 3.67. The number of benzene rings is 9. The van der Waals surface area contributed by atoms with E-state index in [-0.39, 0.29) is 0 Å². The maximum absolute atomic E-state index is 6.52. The molecule has 1 aliphatic heterocycles. The number of amidine groups is 2. The van der Waals surface area contributed by atoms with Crippen LogP contribution in [0.1, 0.15) is 22.9 Å². The van der Waals surface area contributed by atoms with Gasteiger partial charge < -0.3 is 9.73 Å². The van der Waals surface area contributed by atoms with Crippen LogP contribution in [0.15, 0.2) is 215 Å². The lowest BCUT2D eigenvalue weighted by molar-refractivity contribution is 0.668. The number of aliphatic imine (C=N–C) groups is 2. The Morgan fingerprint density at radius 3 is 1.88 bits per heavy atom. The second kappa shape index (κ2) is 13.6. The van der Waals surface area contributed by atoms with Crippen molar-refractivity contribution in [3.05, 3.63) is 217 Å². The van der Waals surface area contributed by atoms with Crippen LogP contribution in [0, 0.1) is 0 Å². The standard InChI is InChI=1S/C53H35N3O/c1-3-12-34(13-4-1)38-18-11-19-42(31-38)45-28-29-48-49(46-20-9-10-21-47(46)57-48)50(45)53-55-51(43-26-22-36-16-7-8-17-37(36)32-43)54-52(56-53)44-27-25-40-30-39(23-24-41(40)33-44)35-14-5-2-6-15-35/h1-33,52H,(H,54,55,56). The molecular weight excluding hydrogens is 695 g/mol. The van der Waals surface area contributed by atoms with E-state index in [4.69, 9.17) is 14.4 Å². The number of fused-ring (bicyclic) bond motifs is 5. The summed E-state index contributed by atoms with van der Waals surface area (Å²) in [6.45, 7) is 0. The lowest BCUT2D eigenvalue weighted by Gasteiger charge is -2.26. The van der Waals surface area contributed by atoms with Gasteiger partial charge >= 0.3 is 0 Å². The smallest absolute Gasteiger partial charge is 0.159 e. The van der Waals surface area contributed by atoms with Gasteiger partial charge in [0.15, 0.2) is 5.84 Å². The van der Waals surface area contributed by atoms with Gasteiger partial charge in [-0.3, -0.25) is 0 Å². The summed E-state index contributed by atoms with van der Waals surface area (Å²) in [4.78, 5) is 10.8. The minimum Gasteiger partial charge on any atom is -0.456 e. The molecule has 1 unspecified atom stereocenters. The fourth-order valence-electron chi connectivity index (χ4n) is 8.25. The lowest BCUT2D eigenvalue weighted by Crippen LogP contribution is -2.34. The van der Waals surface area contributed by atoms with Gasteiger partial charge in [0.2, 0.25) is 0 Å². The first kappa shape index (κ1) is 32.8.